The number of amides is 1. The number of hydrogen-bond acceptors (Lipinski definition) is 4. The first-order valence-electron chi connectivity index (χ1n) is 10.3. The molecule has 1 aliphatic rings. The lowest BCUT2D eigenvalue weighted by Crippen LogP contribution is -2.39. The van der Waals surface area contributed by atoms with Gasteiger partial charge in [0.1, 0.15) is 5.82 Å². The SMILES string of the molecule is CCNC(=NCC1(CCOC)CCCC1)NCCC(=O)Nc1cccc(C)n1. The van der Waals surface area contributed by atoms with E-state index in [1.54, 1.807) is 13.2 Å². The average Bonchev–Trinajstić information content (AvgIpc) is 3.14. The summed E-state index contributed by atoms with van der Waals surface area (Å²) in [6.07, 6.45) is 6.39. The molecule has 28 heavy (non-hydrogen) atoms. The molecule has 0 atom stereocenters. The van der Waals surface area contributed by atoms with Crippen LogP contribution in [0.2, 0.25) is 0 Å². The van der Waals surface area contributed by atoms with E-state index < -0.39 is 0 Å². The Hall–Kier alpha value is -2.15. The van der Waals surface area contributed by atoms with Crippen LogP contribution in [0.25, 0.3) is 0 Å². The number of carbonyl (C=O) groups is 1. The third-order valence-corrected chi connectivity index (χ3v) is 5.22. The predicted octanol–water partition coefficient (Wildman–Crippen LogP) is 2.87. The predicted molar refractivity (Wildman–Crippen MR) is 114 cm³/mol. The number of aliphatic imine (C=N–C) groups is 1. The Labute approximate surface area is 168 Å². The van der Waals surface area contributed by atoms with Crippen LogP contribution in [-0.2, 0) is 9.53 Å². The average molecular weight is 390 g/mol. The number of aryl methyl sites for hydroxylation is 1. The molecular weight excluding hydrogens is 354 g/mol. The smallest absolute Gasteiger partial charge is 0.227 e. The van der Waals surface area contributed by atoms with Crippen LogP contribution in [0.4, 0.5) is 5.82 Å². The molecule has 0 spiro atoms. The van der Waals surface area contributed by atoms with Crippen molar-refractivity contribution in [2.45, 2.75) is 52.4 Å². The number of hydrogen-bond donors (Lipinski definition) is 3. The molecule has 1 saturated carbocycles. The van der Waals surface area contributed by atoms with Crippen molar-refractivity contribution in [1.82, 2.24) is 15.6 Å². The Morgan fingerprint density at radius 3 is 2.75 bits per heavy atom. The zero-order chi connectivity index (χ0) is 20.2. The highest BCUT2D eigenvalue weighted by Crippen LogP contribution is 2.41. The molecule has 7 nitrogen and oxygen atoms in total. The number of anilines is 1. The Balaban J connectivity index is 1.82. The second kappa shape index (κ2) is 11.6. The third kappa shape index (κ3) is 7.46. The number of carbonyl (C=O) groups excluding carboxylic acids is 1. The number of rotatable bonds is 10. The summed E-state index contributed by atoms with van der Waals surface area (Å²) in [5, 5.41) is 9.38. The summed E-state index contributed by atoms with van der Waals surface area (Å²) in [5.74, 6) is 1.30. The summed E-state index contributed by atoms with van der Waals surface area (Å²) < 4.78 is 5.30. The number of nitrogens with one attached hydrogen (secondary N) is 3. The molecule has 3 N–H and O–H groups in total. The second-order valence-electron chi connectivity index (χ2n) is 7.53. The molecule has 2 rings (SSSR count). The van der Waals surface area contributed by atoms with Crippen molar-refractivity contribution in [3.05, 3.63) is 23.9 Å². The topological polar surface area (TPSA) is 87.6 Å². The maximum atomic E-state index is 12.1. The van der Waals surface area contributed by atoms with E-state index in [1.807, 2.05) is 26.0 Å². The van der Waals surface area contributed by atoms with Crippen LogP contribution in [0.3, 0.4) is 0 Å². The second-order valence-corrected chi connectivity index (χ2v) is 7.53. The van der Waals surface area contributed by atoms with Crippen LogP contribution in [0.15, 0.2) is 23.2 Å². The molecule has 7 heteroatoms. The quantitative estimate of drug-likeness (QED) is 0.423. The Bertz CT molecular complexity index is 641. The Morgan fingerprint density at radius 2 is 2.07 bits per heavy atom. The molecule has 156 valence electrons. The maximum absolute atomic E-state index is 12.1. The molecular formula is C21H35N5O2. The Morgan fingerprint density at radius 1 is 1.29 bits per heavy atom. The normalized spacial score (nSPS) is 16.0. The fraction of sp³-hybridized carbons (Fsp3) is 0.667. The molecule has 0 aromatic carbocycles. The van der Waals surface area contributed by atoms with Gasteiger partial charge in [0.25, 0.3) is 0 Å². The van der Waals surface area contributed by atoms with Crippen LogP contribution in [0, 0.1) is 12.3 Å². The first-order chi connectivity index (χ1) is 13.6. The van der Waals surface area contributed by atoms with E-state index in [0.29, 0.717) is 18.8 Å². The highest BCUT2D eigenvalue weighted by molar-refractivity contribution is 5.90. The zero-order valence-electron chi connectivity index (χ0n) is 17.5. The van der Waals surface area contributed by atoms with Crippen molar-refractivity contribution in [1.29, 1.82) is 0 Å². The van der Waals surface area contributed by atoms with E-state index in [4.69, 9.17) is 9.73 Å². The number of guanidine groups is 1. The molecule has 0 unspecified atom stereocenters. The van der Waals surface area contributed by atoms with Gasteiger partial charge in [-0.1, -0.05) is 18.9 Å². The molecule has 1 aliphatic carbocycles. The zero-order valence-corrected chi connectivity index (χ0v) is 17.5. The van der Waals surface area contributed by atoms with Crippen LogP contribution < -0.4 is 16.0 Å². The van der Waals surface area contributed by atoms with Crippen LogP contribution in [-0.4, -0.2) is 50.2 Å². The number of nitrogens with zero attached hydrogens (tertiary/aromatic N) is 2. The van der Waals surface area contributed by atoms with Crippen molar-refractivity contribution < 1.29 is 9.53 Å². The lowest BCUT2D eigenvalue weighted by atomic mass is 9.83. The number of pyridine rings is 1. The van der Waals surface area contributed by atoms with Gasteiger partial charge in [-0.3, -0.25) is 9.79 Å². The lowest BCUT2D eigenvalue weighted by molar-refractivity contribution is -0.116. The molecule has 1 aromatic rings. The van der Waals surface area contributed by atoms with Crippen LogP contribution in [0.1, 0.15) is 51.1 Å². The molecule has 1 amide bonds. The minimum Gasteiger partial charge on any atom is -0.385 e. The summed E-state index contributed by atoms with van der Waals surface area (Å²) in [7, 11) is 1.76. The van der Waals surface area contributed by atoms with E-state index in [9.17, 15) is 4.79 Å². The molecule has 0 radical (unpaired) electrons. The van der Waals surface area contributed by atoms with Gasteiger partial charge >= 0.3 is 0 Å². The van der Waals surface area contributed by atoms with Crippen molar-refractivity contribution in [3.63, 3.8) is 0 Å². The highest BCUT2D eigenvalue weighted by atomic mass is 16.5. The number of methoxy groups -OCH3 is 1. The van der Waals surface area contributed by atoms with Gasteiger partial charge in [-0.15, -0.1) is 0 Å². The minimum absolute atomic E-state index is 0.0613. The van der Waals surface area contributed by atoms with Crippen molar-refractivity contribution in [3.8, 4) is 0 Å². The molecule has 1 heterocycles. The van der Waals surface area contributed by atoms with E-state index >= 15 is 0 Å². The molecule has 1 fully saturated rings. The first kappa shape index (κ1) is 22.1. The van der Waals surface area contributed by atoms with E-state index in [0.717, 1.165) is 37.8 Å². The summed E-state index contributed by atoms with van der Waals surface area (Å²) in [5.41, 5.74) is 1.14. The third-order valence-electron chi connectivity index (χ3n) is 5.22. The van der Waals surface area contributed by atoms with Gasteiger partial charge in [0, 0.05) is 45.5 Å². The number of ether oxygens (including phenoxy) is 1. The Kier molecular flexibility index (Phi) is 9.20. The highest BCUT2D eigenvalue weighted by Gasteiger charge is 2.33. The summed E-state index contributed by atoms with van der Waals surface area (Å²) >= 11 is 0. The van der Waals surface area contributed by atoms with E-state index in [1.165, 1.54) is 25.7 Å². The molecule has 1 aromatic heterocycles. The monoisotopic (exact) mass is 389 g/mol. The van der Waals surface area contributed by atoms with Gasteiger partial charge in [-0.05, 0) is 50.7 Å². The van der Waals surface area contributed by atoms with Crippen molar-refractivity contribution in [2.75, 3.05) is 38.7 Å². The summed E-state index contributed by atoms with van der Waals surface area (Å²) in [6, 6.07) is 5.58. The fourth-order valence-electron chi connectivity index (χ4n) is 3.63. The van der Waals surface area contributed by atoms with E-state index in [2.05, 4.69) is 20.9 Å². The van der Waals surface area contributed by atoms with Crippen molar-refractivity contribution >= 4 is 17.7 Å². The van der Waals surface area contributed by atoms with Gasteiger partial charge in [0.2, 0.25) is 5.91 Å². The molecule has 0 aliphatic heterocycles. The summed E-state index contributed by atoms with van der Waals surface area (Å²) in [4.78, 5) is 21.2. The van der Waals surface area contributed by atoms with E-state index in [-0.39, 0.29) is 11.3 Å². The van der Waals surface area contributed by atoms with Gasteiger partial charge in [0.15, 0.2) is 5.96 Å². The standard InChI is InChI=1S/C21H35N5O2/c1-4-22-20(24-16-21(13-15-28-3)11-5-6-12-21)23-14-10-19(27)26-18-9-7-8-17(2)25-18/h7-9H,4-6,10-16H2,1-3H3,(H2,22,23,24)(H,25,26,27). The van der Waals surface area contributed by atoms with Crippen molar-refractivity contribution in [2.24, 2.45) is 10.4 Å². The van der Waals surface area contributed by atoms with Gasteiger partial charge in [0.05, 0.1) is 0 Å². The molecule has 0 bridgehead atoms. The molecule has 0 saturated heterocycles. The van der Waals surface area contributed by atoms with Crippen LogP contribution in [0.5, 0.6) is 0 Å². The maximum Gasteiger partial charge on any atom is 0.227 e. The summed E-state index contributed by atoms with van der Waals surface area (Å²) in [6.45, 7) is 6.84. The first-order valence-corrected chi connectivity index (χ1v) is 10.3. The van der Waals surface area contributed by atoms with Crippen LogP contribution >= 0.6 is 0 Å². The fourth-order valence-corrected chi connectivity index (χ4v) is 3.63. The van der Waals surface area contributed by atoms with Gasteiger partial charge in [-0.25, -0.2) is 4.98 Å². The van der Waals surface area contributed by atoms with Gasteiger partial charge in [-0.2, -0.15) is 0 Å². The minimum atomic E-state index is -0.0613. The number of aromatic nitrogens is 1. The van der Waals surface area contributed by atoms with Gasteiger partial charge < -0.3 is 20.7 Å². The lowest BCUT2D eigenvalue weighted by Gasteiger charge is -2.27. The largest absolute Gasteiger partial charge is 0.385 e.